The molecule has 0 saturated carbocycles. The minimum atomic E-state index is 0.782. The Balaban J connectivity index is 1.71. The van der Waals surface area contributed by atoms with E-state index in [1.807, 2.05) is 79.7 Å². The maximum atomic E-state index is 5.84. The monoisotopic (exact) mass is 275 g/mol. The van der Waals surface area contributed by atoms with Crippen LogP contribution in [0, 0.1) is 13.0 Å². The van der Waals surface area contributed by atoms with Crippen LogP contribution in [0.15, 0.2) is 72.8 Å². The molecule has 0 bridgehead atoms. The predicted octanol–water partition coefficient (Wildman–Crippen LogP) is 5.38. The smallest absolute Gasteiger partial charge is 0.130 e. The minimum absolute atomic E-state index is 0.782. The molecule has 0 unspecified atom stereocenters. The van der Waals surface area contributed by atoms with E-state index in [-0.39, 0.29) is 0 Å². The van der Waals surface area contributed by atoms with Crippen molar-refractivity contribution < 1.29 is 9.47 Å². The Hall–Kier alpha value is -2.74. The van der Waals surface area contributed by atoms with Gasteiger partial charge in [0.25, 0.3) is 0 Å². The van der Waals surface area contributed by atoms with Gasteiger partial charge in [0.05, 0.1) is 0 Å². The molecule has 3 rings (SSSR count). The highest BCUT2D eigenvalue weighted by molar-refractivity contribution is 5.39. The number of para-hydroxylation sites is 1. The van der Waals surface area contributed by atoms with Crippen molar-refractivity contribution in [3.05, 3.63) is 84.4 Å². The molecule has 0 aliphatic carbocycles. The molecule has 0 saturated heterocycles. The first-order valence-corrected chi connectivity index (χ1v) is 6.79. The summed E-state index contributed by atoms with van der Waals surface area (Å²) < 4.78 is 11.6. The summed E-state index contributed by atoms with van der Waals surface area (Å²) in [4.78, 5) is 0. The van der Waals surface area contributed by atoms with Crippen molar-refractivity contribution in [1.82, 2.24) is 0 Å². The number of hydrogen-bond acceptors (Lipinski definition) is 2. The second-order valence-corrected chi connectivity index (χ2v) is 4.68. The normalized spacial score (nSPS) is 10.1. The molecule has 2 heteroatoms. The molecule has 103 valence electrons. The summed E-state index contributed by atoms with van der Waals surface area (Å²) in [6.07, 6.45) is 0. The molecule has 2 nitrogen and oxygen atoms in total. The van der Waals surface area contributed by atoms with E-state index in [0.717, 1.165) is 28.6 Å². The van der Waals surface area contributed by atoms with Crippen LogP contribution < -0.4 is 9.47 Å². The van der Waals surface area contributed by atoms with Gasteiger partial charge in [0.1, 0.15) is 23.0 Å². The van der Waals surface area contributed by atoms with E-state index in [0.29, 0.717) is 0 Å². The minimum Gasteiger partial charge on any atom is -0.457 e. The summed E-state index contributed by atoms with van der Waals surface area (Å²) in [7, 11) is 0. The lowest BCUT2D eigenvalue weighted by Gasteiger charge is -2.09. The molecule has 0 N–H and O–H groups in total. The van der Waals surface area contributed by atoms with Crippen LogP contribution in [0.1, 0.15) is 5.56 Å². The Morgan fingerprint density at radius 1 is 0.714 bits per heavy atom. The molecule has 0 aliphatic heterocycles. The standard InChI is InChI=1S/C19H15O2/c1-15-7-5-6-10-19(15)21-18-13-11-17(12-14-18)20-16-8-3-2-4-9-16/h2-4,6-14H,1H3. The van der Waals surface area contributed by atoms with Crippen molar-refractivity contribution in [2.24, 2.45) is 0 Å². The molecule has 0 fully saturated rings. The van der Waals surface area contributed by atoms with E-state index in [1.165, 1.54) is 0 Å². The molecule has 0 spiro atoms. The van der Waals surface area contributed by atoms with Gasteiger partial charge in [-0.15, -0.1) is 0 Å². The first-order valence-electron chi connectivity index (χ1n) is 6.79. The third-order valence-corrected chi connectivity index (χ3v) is 3.05. The van der Waals surface area contributed by atoms with Gasteiger partial charge in [-0.3, -0.25) is 0 Å². The average Bonchev–Trinajstić information content (AvgIpc) is 2.52. The van der Waals surface area contributed by atoms with E-state index in [9.17, 15) is 0 Å². The SMILES string of the molecule is Cc1c[c]ccc1Oc1ccc(Oc2ccccc2)cc1. The average molecular weight is 275 g/mol. The van der Waals surface area contributed by atoms with Crippen LogP contribution in [0.4, 0.5) is 0 Å². The zero-order valence-electron chi connectivity index (χ0n) is 11.7. The Bertz CT molecular complexity index is 703. The fourth-order valence-electron chi connectivity index (χ4n) is 1.94. The molecule has 21 heavy (non-hydrogen) atoms. The topological polar surface area (TPSA) is 18.5 Å². The number of ether oxygens (including phenoxy) is 2. The first-order chi connectivity index (χ1) is 10.3. The molecular weight excluding hydrogens is 260 g/mol. The summed E-state index contributed by atoms with van der Waals surface area (Å²) in [5.74, 6) is 3.22. The number of hydrogen-bond donors (Lipinski definition) is 0. The first kappa shape index (κ1) is 13.3. The van der Waals surface area contributed by atoms with Crippen LogP contribution in [0.3, 0.4) is 0 Å². The Labute approximate surface area is 124 Å². The van der Waals surface area contributed by atoms with Gasteiger partial charge in [-0.25, -0.2) is 0 Å². The maximum Gasteiger partial charge on any atom is 0.130 e. The summed E-state index contributed by atoms with van der Waals surface area (Å²) in [6.45, 7) is 2.00. The summed E-state index contributed by atoms with van der Waals surface area (Å²) in [5.41, 5.74) is 1.06. The van der Waals surface area contributed by atoms with Crippen molar-refractivity contribution in [3.8, 4) is 23.0 Å². The number of rotatable bonds is 4. The summed E-state index contributed by atoms with van der Waals surface area (Å²) in [6, 6.07) is 26.0. The van der Waals surface area contributed by atoms with Crippen molar-refractivity contribution in [3.63, 3.8) is 0 Å². The van der Waals surface area contributed by atoms with E-state index >= 15 is 0 Å². The Morgan fingerprint density at radius 3 is 2.00 bits per heavy atom. The second kappa shape index (κ2) is 6.14. The largest absolute Gasteiger partial charge is 0.457 e. The molecule has 3 aromatic carbocycles. The third-order valence-electron chi connectivity index (χ3n) is 3.05. The van der Waals surface area contributed by atoms with Gasteiger partial charge in [-0.05, 0) is 67.1 Å². The molecule has 0 amide bonds. The summed E-state index contributed by atoms with van der Waals surface area (Å²) in [5, 5.41) is 0. The van der Waals surface area contributed by atoms with E-state index < -0.39 is 0 Å². The fourth-order valence-corrected chi connectivity index (χ4v) is 1.94. The summed E-state index contributed by atoms with van der Waals surface area (Å²) >= 11 is 0. The van der Waals surface area contributed by atoms with Crippen molar-refractivity contribution in [2.75, 3.05) is 0 Å². The zero-order valence-corrected chi connectivity index (χ0v) is 11.7. The van der Waals surface area contributed by atoms with Gasteiger partial charge < -0.3 is 9.47 Å². The van der Waals surface area contributed by atoms with Crippen LogP contribution in [-0.4, -0.2) is 0 Å². The molecule has 0 atom stereocenters. The van der Waals surface area contributed by atoms with Crippen LogP contribution in [-0.2, 0) is 0 Å². The highest BCUT2D eigenvalue weighted by Crippen LogP contribution is 2.27. The van der Waals surface area contributed by atoms with Gasteiger partial charge in [-0.1, -0.05) is 24.3 Å². The lowest BCUT2D eigenvalue weighted by molar-refractivity contribution is 0.467. The van der Waals surface area contributed by atoms with Crippen LogP contribution in [0.25, 0.3) is 0 Å². The lowest BCUT2D eigenvalue weighted by Crippen LogP contribution is -1.88. The van der Waals surface area contributed by atoms with Crippen LogP contribution in [0.2, 0.25) is 0 Å². The van der Waals surface area contributed by atoms with Crippen LogP contribution in [0.5, 0.6) is 23.0 Å². The van der Waals surface area contributed by atoms with E-state index in [2.05, 4.69) is 6.07 Å². The van der Waals surface area contributed by atoms with Gasteiger partial charge in [0.2, 0.25) is 0 Å². The molecule has 0 heterocycles. The molecule has 3 aromatic rings. The Kier molecular flexibility index (Phi) is 3.88. The van der Waals surface area contributed by atoms with Crippen molar-refractivity contribution in [1.29, 1.82) is 0 Å². The van der Waals surface area contributed by atoms with E-state index in [4.69, 9.17) is 9.47 Å². The molecule has 0 aromatic heterocycles. The van der Waals surface area contributed by atoms with Crippen LogP contribution >= 0.6 is 0 Å². The lowest BCUT2D eigenvalue weighted by atomic mass is 10.2. The predicted molar refractivity (Wildman–Crippen MR) is 83.0 cm³/mol. The zero-order chi connectivity index (χ0) is 14.5. The number of benzene rings is 3. The third kappa shape index (κ3) is 3.42. The van der Waals surface area contributed by atoms with Crippen molar-refractivity contribution in [2.45, 2.75) is 6.92 Å². The Morgan fingerprint density at radius 2 is 1.33 bits per heavy atom. The van der Waals surface area contributed by atoms with Gasteiger partial charge in [0.15, 0.2) is 0 Å². The van der Waals surface area contributed by atoms with Gasteiger partial charge >= 0.3 is 0 Å². The highest BCUT2D eigenvalue weighted by Gasteiger charge is 2.01. The van der Waals surface area contributed by atoms with Gasteiger partial charge in [0, 0.05) is 0 Å². The number of aryl methyl sites for hydroxylation is 1. The molecule has 1 radical (unpaired) electrons. The fraction of sp³-hybridized carbons (Fsp3) is 0.0526. The molecular formula is C19H15O2. The quantitative estimate of drug-likeness (QED) is 0.636. The second-order valence-electron chi connectivity index (χ2n) is 4.68. The highest BCUT2D eigenvalue weighted by atomic mass is 16.5. The maximum absolute atomic E-state index is 5.84. The van der Waals surface area contributed by atoms with Crippen molar-refractivity contribution >= 4 is 0 Å². The van der Waals surface area contributed by atoms with E-state index in [1.54, 1.807) is 0 Å². The molecule has 0 aliphatic rings. The van der Waals surface area contributed by atoms with Gasteiger partial charge in [-0.2, -0.15) is 0 Å².